The van der Waals surface area contributed by atoms with Crippen LogP contribution in [0.4, 0.5) is 16.2 Å². The lowest BCUT2D eigenvalue weighted by Gasteiger charge is -2.19. The molecule has 0 fully saturated rings. The number of nitrogens with two attached hydrogens (primary N) is 1. The van der Waals surface area contributed by atoms with Crippen molar-refractivity contribution in [2.45, 2.75) is 6.92 Å². The number of nitrogens with zero attached hydrogens (tertiary/aromatic N) is 1. The number of methoxy groups -OCH3 is 1. The number of benzene rings is 1. The van der Waals surface area contributed by atoms with Gasteiger partial charge in [-0.3, -0.25) is 4.90 Å². The Morgan fingerprint density at radius 3 is 2.79 bits per heavy atom. The number of hydrogen-bond acceptors (Lipinski definition) is 3. The van der Waals surface area contributed by atoms with Crippen LogP contribution in [0.2, 0.25) is 0 Å². The molecule has 0 saturated heterocycles. The van der Waals surface area contributed by atoms with E-state index in [1.165, 1.54) is 12.0 Å². The van der Waals surface area contributed by atoms with Gasteiger partial charge in [0.05, 0.1) is 7.11 Å². The van der Waals surface area contributed by atoms with Crippen molar-refractivity contribution >= 4 is 17.5 Å². The highest BCUT2D eigenvalue weighted by Crippen LogP contribution is 2.17. The number of amides is 1. The Kier molecular flexibility index (Phi) is 3.34. The van der Waals surface area contributed by atoms with E-state index in [4.69, 9.17) is 5.73 Å². The minimum atomic E-state index is -0.377. The highest BCUT2D eigenvalue weighted by molar-refractivity contribution is 5.88. The van der Waals surface area contributed by atoms with Gasteiger partial charge in [0, 0.05) is 17.9 Å². The van der Waals surface area contributed by atoms with Gasteiger partial charge in [-0.15, -0.1) is 0 Å². The maximum Gasteiger partial charge on any atom is 0.413 e. The summed E-state index contributed by atoms with van der Waals surface area (Å²) in [7, 11) is 1.36. The van der Waals surface area contributed by atoms with Crippen molar-refractivity contribution in [1.82, 2.24) is 0 Å². The Bertz CT molecular complexity index is 326. The van der Waals surface area contributed by atoms with Crippen molar-refractivity contribution in [1.29, 1.82) is 0 Å². The van der Waals surface area contributed by atoms with E-state index in [-0.39, 0.29) is 6.09 Å². The molecule has 1 aromatic carbocycles. The molecule has 2 N–H and O–H groups in total. The number of carbonyl (C=O) groups is 1. The zero-order chi connectivity index (χ0) is 10.6. The lowest BCUT2D eigenvalue weighted by Crippen LogP contribution is -2.30. The van der Waals surface area contributed by atoms with Crippen LogP contribution in [0.5, 0.6) is 0 Å². The Hall–Kier alpha value is -1.71. The fourth-order valence-corrected chi connectivity index (χ4v) is 1.22. The van der Waals surface area contributed by atoms with Crippen molar-refractivity contribution < 1.29 is 9.53 Å². The molecular formula is C10H14N2O2. The van der Waals surface area contributed by atoms with Gasteiger partial charge in [0.25, 0.3) is 0 Å². The van der Waals surface area contributed by atoms with Crippen LogP contribution >= 0.6 is 0 Å². The molecule has 1 amide bonds. The lowest BCUT2D eigenvalue weighted by atomic mass is 10.2. The molecule has 76 valence electrons. The summed E-state index contributed by atoms with van der Waals surface area (Å²) in [5, 5.41) is 0. The van der Waals surface area contributed by atoms with E-state index in [1.807, 2.05) is 13.0 Å². The van der Waals surface area contributed by atoms with E-state index >= 15 is 0 Å². The molecule has 0 unspecified atom stereocenters. The Morgan fingerprint density at radius 1 is 1.57 bits per heavy atom. The summed E-state index contributed by atoms with van der Waals surface area (Å²) in [6, 6.07) is 7.13. The fraction of sp³-hybridized carbons (Fsp3) is 0.300. The third kappa shape index (κ3) is 2.16. The van der Waals surface area contributed by atoms with Crippen molar-refractivity contribution in [3.05, 3.63) is 24.3 Å². The molecule has 0 radical (unpaired) electrons. The molecular weight excluding hydrogens is 180 g/mol. The van der Waals surface area contributed by atoms with Crippen LogP contribution in [0.1, 0.15) is 6.92 Å². The van der Waals surface area contributed by atoms with Crippen molar-refractivity contribution in [2.24, 2.45) is 0 Å². The average Bonchev–Trinajstić information content (AvgIpc) is 2.19. The first kappa shape index (κ1) is 10.4. The van der Waals surface area contributed by atoms with Gasteiger partial charge < -0.3 is 10.5 Å². The van der Waals surface area contributed by atoms with Gasteiger partial charge in [0.15, 0.2) is 0 Å². The van der Waals surface area contributed by atoms with Crippen LogP contribution in [-0.2, 0) is 4.74 Å². The highest BCUT2D eigenvalue weighted by Gasteiger charge is 2.13. The van der Waals surface area contributed by atoms with Crippen molar-refractivity contribution in [3.8, 4) is 0 Å². The van der Waals surface area contributed by atoms with Gasteiger partial charge in [-0.1, -0.05) is 6.07 Å². The third-order valence-corrected chi connectivity index (χ3v) is 1.89. The molecule has 4 nitrogen and oxygen atoms in total. The molecule has 14 heavy (non-hydrogen) atoms. The van der Waals surface area contributed by atoms with Gasteiger partial charge >= 0.3 is 6.09 Å². The smallest absolute Gasteiger partial charge is 0.413 e. The van der Waals surface area contributed by atoms with Gasteiger partial charge in [-0.05, 0) is 25.1 Å². The van der Waals surface area contributed by atoms with E-state index < -0.39 is 0 Å². The van der Waals surface area contributed by atoms with Crippen molar-refractivity contribution in [3.63, 3.8) is 0 Å². The SMILES string of the molecule is CCN(C(=O)OC)c1cccc(N)c1. The van der Waals surface area contributed by atoms with Gasteiger partial charge in [-0.25, -0.2) is 4.79 Å². The second-order valence-electron chi connectivity index (χ2n) is 2.81. The van der Waals surface area contributed by atoms with Gasteiger partial charge in [-0.2, -0.15) is 0 Å². The molecule has 0 aliphatic heterocycles. The third-order valence-electron chi connectivity index (χ3n) is 1.89. The topological polar surface area (TPSA) is 55.6 Å². The molecule has 0 aromatic heterocycles. The van der Waals surface area contributed by atoms with E-state index in [9.17, 15) is 4.79 Å². The average molecular weight is 194 g/mol. The standard InChI is InChI=1S/C10H14N2O2/c1-3-12(10(13)14-2)9-6-4-5-8(11)7-9/h4-7H,3,11H2,1-2H3. The Balaban J connectivity index is 2.94. The summed E-state index contributed by atoms with van der Waals surface area (Å²) >= 11 is 0. The second-order valence-corrected chi connectivity index (χ2v) is 2.81. The van der Waals surface area contributed by atoms with Crippen LogP contribution in [-0.4, -0.2) is 19.7 Å². The predicted molar refractivity (Wildman–Crippen MR) is 56.3 cm³/mol. The highest BCUT2D eigenvalue weighted by atomic mass is 16.5. The number of ether oxygens (including phenoxy) is 1. The number of anilines is 2. The quantitative estimate of drug-likeness (QED) is 0.731. The van der Waals surface area contributed by atoms with Crippen LogP contribution in [0.3, 0.4) is 0 Å². The normalized spacial score (nSPS) is 9.57. The molecule has 4 heteroatoms. The maximum absolute atomic E-state index is 11.3. The molecule has 1 aromatic rings. The minimum Gasteiger partial charge on any atom is -0.452 e. The predicted octanol–water partition coefficient (Wildman–Crippen LogP) is 1.86. The molecule has 0 spiro atoms. The zero-order valence-electron chi connectivity index (χ0n) is 8.36. The summed E-state index contributed by atoms with van der Waals surface area (Å²) in [6.07, 6.45) is -0.377. The van der Waals surface area contributed by atoms with Gasteiger partial charge in [0.1, 0.15) is 0 Å². The molecule has 0 aliphatic rings. The van der Waals surface area contributed by atoms with Gasteiger partial charge in [0.2, 0.25) is 0 Å². The van der Waals surface area contributed by atoms with E-state index in [0.29, 0.717) is 12.2 Å². The summed E-state index contributed by atoms with van der Waals surface area (Å²) in [5.74, 6) is 0. The number of carbonyl (C=O) groups excluding carboxylic acids is 1. The monoisotopic (exact) mass is 194 g/mol. The fourth-order valence-electron chi connectivity index (χ4n) is 1.22. The first-order chi connectivity index (χ1) is 6.69. The number of rotatable bonds is 2. The lowest BCUT2D eigenvalue weighted by molar-refractivity contribution is 0.179. The first-order valence-corrected chi connectivity index (χ1v) is 4.40. The minimum absolute atomic E-state index is 0.377. The first-order valence-electron chi connectivity index (χ1n) is 4.40. The number of nitrogen functional groups attached to an aromatic ring is 1. The van der Waals surface area contributed by atoms with E-state index in [0.717, 1.165) is 5.69 Å². The maximum atomic E-state index is 11.3. The summed E-state index contributed by atoms with van der Waals surface area (Å²) in [5.41, 5.74) is 6.99. The summed E-state index contributed by atoms with van der Waals surface area (Å²) < 4.78 is 4.64. The molecule has 0 heterocycles. The van der Waals surface area contributed by atoms with Crippen molar-refractivity contribution in [2.75, 3.05) is 24.3 Å². The molecule has 0 bridgehead atoms. The Morgan fingerprint density at radius 2 is 2.29 bits per heavy atom. The second kappa shape index (κ2) is 4.50. The largest absolute Gasteiger partial charge is 0.452 e. The zero-order valence-corrected chi connectivity index (χ0v) is 8.36. The molecule has 0 saturated carbocycles. The summed E-state index contributed by atoms with van der Waals surface area (Å²) in [6.45, 7) is 2.43. The number of hydrogen-bond donors (Lipinski definition) is 1. The molecule has 1 rings (SSSR count). The van der Waals surface area contributed by atoms with E-state index in [2.05, 4.69) is 4.74 Å². The summed E-state index contributed by atoms with van der Waals surface area (Å²) in [4.78, 5) is 12.8. The molecule has 0 atom stereocenters. The molecule has 0 aliphatic carbocycles. The van der Waals surface area contributed by atoms with Crippen LogP contribution in [0, 0.1) is 0 Å². The van der Waals surface area contributed by atoms with Crippen LogP contribution in [0.15, 0.2) is 24.3 Å². The van der Waals surface area contributed by atoms with Crippen LogP contribution < -0.4 is 10.6 Å². The van der Waals surface area contributed by atoms with Crippen LogP contribution in [0.25, 0.3) is 0 Å². The van der Waals surface area contributed by atoms with E-state index in [1.54, 1.807) is 18.2 Å². The Labute approximate surface area is 83.3 Å².